The lowest BCUT2D eigenvalue weighted by Crippen LogP contribution is -2.37. The van der Waals surface area contributed by atoms with Gasteiger partial charge in [-0.2, -0.15) is 0 Å². The summed E-state index contributed by atoms with van der Waals surface area (Å²) >= 11 is 0. The van der Waals surface area contributed by atoms with Crippen molar-refractivity contribution < 1.29 is 14.6 Å². The summed E-state index contributed by atoms with van der Waals surface area (Å²) < 4.78 is 5.32. The molecule has 0 spiro atoms. The van der Waals surface area contributed by atoms with Gasteiger partial charge in [-0.05, 0) is 56.8 Å². The van der Waals surface area contributed by atoms with Crippen LogP contribution in [0.15, 0.2) is 0 Å². The lowest BCUT2D eigenvalue weighted by molar-refractivity contribution is -0.126. The van der Waals surface area contributed by atoms with Gasteiger partial charge in [0.05, 0.1) is 0 Å². The van der Waals surface area contributed by atoms with Gasteiger partial charge in [0.15, 0.2) is 0 Å². The van der Waals surface area contributed by atoms with Crippen LogP contribution in [0.3, 0.4) is 0 Å². The number of rotatable bonds is 5. The molecule has 110 valence electrons. The standard InChI is InChI=1S/C15H27NO3/c17-8-5-12-1-3-14(4-2-12)15(18)16-11-13-6-9-19-10-7-13/h12-14,17H,1-11H2,(H,16,18). The van der Waals surface area contributed by atoms with Gasteiger partial charge in [0.2, 0.25) is 5.91 Å². The summed E-state index contributed by atoms with van der Waals surface area (Å²) in [5.41, 5.74) is 0. The summed E-state index contributed by atoms with van der Waals surface area (Å²) in [6.07, 6.45) is 7.21. The van der Waals surface area contributed by atoms with Gasteiger partial charge < -0.3 is 15.2 Å². The quantitative estimate of drug-likeness (QED) is 0.799. The molecule has 1 heterocycles. The van der Waals surface area contributed by atoms with Gasteiger partial charge >= 0.3 is 0 Å². The van der Waals surface area contributed by atoms with Crippen molar-refractivity contribution in [1.29, 1.82) is 0 Å². The molecule has 1 amide bonds. The SMILES string of the molecule is O=C(NCC1CCOCC1)C1CCC(CCO)CC1. The van der Waals surface area contributed by atoms with Gasteiger partial charge in [-0.1, -0.05) is 0 Å². The molecule has 0 aromatic rings. The normalized spacial score (nSPS) is 29.1. The van der Waals surface area contributed by atoms with Crippen molar-refractivity contribution in [2.75, 3.05) is 26.4 Å². The van der Waals surface area contributed by atoms with Crippen molar-refractivity contribution in [2.24, 2.45) is 17.8 Å². The molecule has 2 aliphatic rings. The number of carbonyl (C=O) groups excluding carboxylic acids is 1. The zero-order chi connectivity index (χ0) is 13.5. The number of hydrogen-bond acceptors (Lipinski definition) is 3. The predicted molar refractivity (Wildman–Crippen MR) is 73.7 cm³/mol. The summed E-state index contributed by atoms with van der Waals surface area (Å²) in [4.78, 5) is 12.1. The zero-order valence-electron chi connectivity index (χ0n) is 11.8. The first kappa shape index (κ1) is 14.8. The van der Waals surface area contributed by atoms with Gasteiger partial charge in [0, 0.05) is 32.3 Å². The number of ether oxygens (including phenoxy) is 1. The third kappa shape index (κ3) is 4.77. The third-order valence-electron chi connectivity index (χ3n) is 4.66. The molecule has 0 aromatic heterocycles. The van der Waals surface area contributed by atoms with Gasteiger partial charge in [-0.15, -0.1) is 0 Å². The molecule has 0 unspecified atom stereocenters. The van der Waals surface area contributed by atoms with Crippen molar-refractivity contribution in [3.05, 3.63) is 0 Å². The Labute approximate surface area is 115 Å². The number of aliphatic hydroxyl groups excluding tert-OH is 1. The molecular weight excluding hydrogens is 242 g/mol. The van der Waals surface area contributed by atoms with Crippen LogP contribution in [0.1, 0.15) is 44.9 Å². The summed E-state index contributed by atoms with van der Waals surface area (Å²) in [7, 11) is 0. The van der Waals surface area contributed by atoms with Gasteiger partial charge in [0.25, 0.3) is 0 Å². The van der Waals surface area contributed by atoms with Crippen molar-refractivity contribution in [2.45, 2.75) is 44.9 Å². The Morgan fingerprint density at radius 1 is 1.05 bits per heavy atom. The van der Waals surface area contributed by atoms with E-state index in [-0.39, 0.29) is 18.4 Å². The maximum absolute atomic E-state index is 12.1. The van der Waals surface area contributed by atoms with E-state index >= 15 is 0 Å². The highest BCUT2D eigenvalue weighted by Crippen LogP contribution is 2.30. The van der Waals surface area contributed by atoms with Gasteiger partial charge in [0.1, 0.15) is 0 Å². The Bertz CT molecular complexity index is 269. The van der Waals surface area contributed by atoms with Crippen LogP contribution < -0.4 is 5.32 Å². The molecule has 2 fully saturated rings. The van der Waals surface area contributed by atoms with E-state index in [0.29, 0.717) is 11.8 Å². The highest BCUT2D eigenvalue weighted by Gasteiger charge is 2.26. The molecule has 0 radical (unpaired) electrons. The summed E-state index contributed by atoms with van der Waals surface area (Å²) in [5.74, 6) is 1.68. The van der Waals surface area contributed by atoms with E-state index in [1.54, 1.807) is 0 Å². The number of carbonyl (C=O) groups is 1. The molecule has 1 aliphatic carbocycles. The fraction of sp³-hybridized carbons (Fsp3) is 0.933. The van der Waals surface area contributed by atoms with Crippen LogP contribution in [-0.2, 0) is 9.53 Å². The van der Waals surface area contributed by atoms with Crippen molar-refractivity contribution in [3.63, 3.8) is 0 Å². The molecular formula is C15H27NO3. The van der Waals surface area contributed by atoms with E-state index in [0.717, 1.165) is 64.7 Å². The summed E-state index contributed by atoms with van der Waals surface area (Å²) in [6.45, 7) is 2.78. The molecule has 2 N–H and O–H groups in total. The third-order valence-corrected chi connectivity index (χ3v) is 4.66. The van der Waals surface area contributed by atoms with Crippen LogP contribution in [-0.4, -0.2) is 37.4 Å². The minimum absolute atomic E-state index is 0.204. The average molecular weight is 269 g/mol. The zero-order valence-corrected chi connectivity index (χ0v) is 11.8. The minimum Gasteiger partial charge on any atom is -0.396 e. The molecule has 2 rings (SSSR count). The molecule has 0 bridgehead atoms. The monoisotopic (exact) mass is 269 g/mol. The van der Waals surface area contributed by atoms with Crippen LogP contribution in [0.5, 0.6) is 0 Å². The first-order chi connectivity index (χ1) is 9.29. The maximum Gasteiger partial charge on any atom is 0.223 e. The topological polar surface area (TPSA) is 58.6 Å². The van der Waals surface area contributed by atoms with Gasteiger partial charge in [-0.25, -0.2) is 0 Å². The molecule has 1 saturated heterocycles. The Morgan fingerprint density at radius 2 is 1.74 bits per heavy atom. The van der Waals surface area contributed by atoms with Crippen LogP contribution in [0.4, 0.5) is 0 Å². The number of hydrogen-bond donors (Lipinski definition) is 2. The highest BCUT2D eigenvalue weighted by molar-refractivity contribution is 5.78. The fourth-order valence-corrected chi connectivity index (χ4v) is 3.24. The first-order valence-corrected chi connectivity index (χ1v) is 7.76. The maximum atomic E-state index is 12.1. The number of amides is 1. The van der Waals surface area contributed by atoms with E-state index in [1.807, 2.05) is 0 Å². The first-order valence-electron chi connectivity index (χ1n) is 7.76. The summed E-state index contributed by atoms with van der Waals surface area (Å²) in [6, 6.07) is 0. The molecule has 1 aliphatic heterocycles. The average Bonchev–Trinajstić information content (AvgIpc) is 2.47. The molecule has 1 saturated carbocycles. The van der Waals surface area contributed by atoms with Crippen LogP contribution in [0.2, 0.25) is 0 Å². The number of nitrogens with one attached hydrogen (secondary N) is 1. The summed E-state index contributed by atoms with van der Waals surface area (Å²) in [5, 5.41) is 12.1. The van der Waals surface area contributed by atoms with Crippen molar-refractivity contribution in [3.8, 4) is 0 Å². The lowest BCUT2D eigenvalue weighted by Gasteiger charge is -2.28. The lowest BCUT2D eigenvalue weighted by atomic mass is 9.80. The Balaban J connectivity index is 1.63. The van der Waals surface area contributed by atoms with E-state index in [4.69, 9.17) is 9.84 Å². The Kier molecular flexibility index (Phi) is 6.11. The highest BCUT2D eigenvalue weighted by atomic mass is 16.5. The molecule has 4 nitrogen and oxygen atoms in total. The second-order valence-electron chi connectivity index (χ2n) is 6.03. The molecule has 4 heteroatoms. The Morgan fingerprint density at radius 3 is 2.37 bits per heavy atom. The predicted octanol–water partition coefficient (Wildman–Crippen LogP) is 1.72. The number of aliphatic hydroxyl groups is 1. The molecule has 19 heavy (non-hydrogen) atoms. The van der Waals surface area contributed by atoms with Crippen molar-refractivity contribution >= 4 is 5.91 Å². The fourth-order valence-electron chi connectivity index (χ4n) is 3.24. The van der Waals surface area contributed by atoms with Crippen LogP contribution in [0.25, 0.3) is 0 Å². The minimum atomic E-state index is 0.204. The Hall–Kier alpha value is -0.610. The molecule has 0 aromatic carbocycles. The largest absolute Gasteiger partial charge is 0.396 e. The van der Waals surface area contributed by atoms with E-state index < -0.39 is 0 Å². The van der Waals surface area contributed by atoms with E-state index in [9.17, 15) is 4.79 Å². The second-order valence-corrected chi connectivity index (χ2v) is 6.03. The van der Waals surface area contributed by atoms with E-state index in [1.165, 1.54) is 0 Å². The van der Waals surface area contributed by atoms with E-state index in [2.05, 4.69) is 5.32 Å². The van der Waals surface area contributed by atoms with Crippen molar-refractivity contribution in [1.82, 2.24) is 5.32 Å². The van der Waals surface area contributed by atoms with Crippen LogP contribution in [0, 0.1) is 17.8 Å². The van der Waals surface area contributed by atoms with Crippen LogP contribution >= 0.6 is 0 Å². The molecule has 0 atom stereocenters. The van der Waals surface area contributed by atoms with Gasteiger partial charge in [-0.3, -0.25) is 4.79 Å². The second kappa shape index (κ2) is 7.85. The smallest absolute Gasteiger partial charge is 0.223 e.